The minimum atomic E-state index is -0.790. The van der Waals surface area contributed by atoms with Crippen molar-refractivity contribution in [1.82, 2.24) is 9.80 Å². The molecule has 2 rings (SSSR count). The summed E-state index contributed by atoms with van der Waals surface area (Å²) in [7, 11) is 0. The standard InChI is InChI=1S/C13H20N2O3/c1-10-4-7-14(8-5-10)13(18)15-6-2-3-11(9-15)12(16)17/h4,11H,2-3,5-9H2,1H3,(H,16,17). The number of hydrogen-bond donors (Lipinski definition) is 1. The second-order valence-corrected chi connectivity index (χ2v) is 5.15. The molecule has 1 fully saturated rings. The minimum Gasteiger partial charge on any atom is -0.481 e. The zero-order valence-electron chi connectivity index (χ0n) is 10.8. The van der Waals surface area contributed by atoms with Gasteiger partial charge in [-0.1, -0.05) is 11.6 Å². The third-order valence-corrected chi connectivity index (χ3v) is 3.75. The fourth-order valence-corrected chi connectivity index (χ4v) is 2.50. The number of urea groups is 1. The van der Waals surface area contributed by atoms with E-state index in [9.17, 15) is 9.59 Å². The van der Waals surface area contributed by atoms with Gasteiger partial charge in [-0.05, 0) is 26.2 Å². The molecule has 0 radical (unpaired) electrons. The fourth-order valence-electron chi connectivity index (χ4n) is 2.50. The van der Waals surface area contributed by atoms with E-state index in [-0.39, 0.29) is 6.03 Å². The summed E-state index contributed by atoms with van der Waals surface area (Å²) in [5, 5.41) is 9.02. The number of carboxylic acids is 1. The van der Waals surface area contributed by atoms with Gasteiger partial charge >= 0.3 is 12.0 Å². The maximum atomic E-state index is 12.3. The molecule has 5 heteroatoms. The third kappa shape index (κ3) is 2.83. The van der Waals surface area contributed by atoms with Crippen LogP contribution in [0.1, 0.15) is 26.2 Å². The number of carboxylic acid groups (broad SMARTS) is 1. The van der Waals surface area contributed by atoms with Crippen molar-refractivity contribution >= 4 is 12.0 Å². The first-order chi connectivity index (χ1) is 8.58. The zero-order valence-corrected chi connectivity index (χ0v) is 10.8. The Balaban J connectivity index is 1.94. The van der Waals surface area contributed by atoms with Crippen LogP contribution in [0.5, 0.6) is 0 Å². The van der Waals surface area contributed by atoms with Gasteiger partial charge in [0.15, 0.2) is 0 Å². The van der Waals surface area contributed by atoms with Gasteiger partial charge in [0, 0.05) is 26.2 Å². The first kappa shape index (κ1) is 12.9. The van der Waals surface area contributed by atoms with E-state index < -0.39 is 11.9 Å². The molecule has 1 unspecified atom stereocenters. The molecule has 1 N–H and O–H groups in total. The molecular formula is C13H20N2O3. The molecule has 1 atom stereocenters. The molecule has 0 aromatic rings. The lowest BCUT2D eigenvalue weighted by Gasteiger charge is -2.36. The van der Waals surface area contributed by atoms with Crippen LogP contribution < -0.4 is 0 Å². The number of rotatable bonds is 1. The van der Waals surface area contributed by atoms with E-state index in [0.717, 1.165) is 19.4 Å². The van der Waals surface area contributed by atoms with E-state index in [1.54, 1.807) is 9.80 Å². The molecule has 5 nitrogen and oxygen atoms in total. The van der Waals surface area contributed by atoms with Gasteiger partial charge in [-0.15, -0.1) is 0 Å². The highest BCUT2D eigenvalue weighted by molar-refractivity contribution is 5.77. The maximum absolute atomic E-state index is 12.3. The summed E-state index contributed by atoms with van der Waals surface area (Å²) in [6.45, 7) is 4.51. The van der Waals surface area contributed by atoms with Gasteiger partial charge in [0.1, 0.15) is 0 Å². The van der Waals surface area contributed by atoms with E-state index in [1.165, 1.54) is 5.57 Å². The smallest absolute Gasteiger partial charge is 0.320 e. The monoisotopic (exact) mass is 252 g/mol. The third-order valence-electron chi connectivity index (χ3n) is 3.75. The van der Waals surface area contributed by atoms with E-state index in [1.807, 2.05) is 0 Å². The highest BCUT2D eigenvalue weighted by Crippen LogP contribution is 2.19. The first-order valence-electron chi connectivity index (χ1n) is 6.50. The largest absolute Gasteiger partial charge is 0.481 e. The summed E-state index contributed by atoms with van der Waals surface area (Å²) >= 11 is 0. The molecule has 0 bridgehead atoms. The lowest BCUT2D eigenvalue weighted by atomic mass is 9.98. The van der Waals surface area contributed by atoms with Gasteiger partial charge in [0.2, 0.25) is 0 Å². The lowest BCUT2D eigenvalue weighted by Crippen LogP contribution is -2.49. The van der Waals surface area contributed by atoms with Crippen LogP contribution in [0.4, 0.5) is 4.79 Å². The molecule has 0 spiro atoms. The van der Waals surface area contributed by atoms with Crippen molar-refractivity contribution in [3.05, 3.63) is 11.6 Å². The van der Waals surface area contributed by atoms with Crippen molar-refractivity contribution in [2.24, 2.45) is 5.92 Å². The molecule has 0 aromatic carbocycles. The number of nitrogens with zero attached hydrogens (tertiary/aromatic N) is 2. The van der Waals surface area contributed by atoms with Crippen molar-refractivity contribution in [1.29, 1.82) is 0 Å². The lowest BCUT2D eigenvalue weighted by molar-refractivity contribution is -0.143. The highest BCUT2D eigenvalue weighted by Gasteiger charge is 2.30. The van der Waals surface area contributed by atoms with Crippen molar-refractivity contribution in [2.45, 2.75) is 26.2 Å². The van der Waals surface area contributed by atoms with Crippen molar-refractivity contribution in [3.63, 3.8) is 0 Å². The Hall–Kier alpha value is -1.52. The Kier molecular flexibility index (Phi) is 3.89. The van der Waals surface area contributed by atoms with Crippen LogP contribution in [-0.4, -0.2) is 53.1 Å². The van der Waals surface area contributed by atoms with Gasteiger partial charge in [-0.2, -0.15) is 0 Å². The summed E-state index contributed by atoms with van der Waals surface area (Å²) in [4.78, 5) is 26.7. The van der Waals surface area contributed by atoms with E-state index in [0.29, 0.717) is 26.1 Å². The Morgan fingerprint density at radius 2 is 2.11 bits per heavy atom. The number of carbonyl (C=O) groups is 2. The fraction of sp³-hybridized carbons (Fsp3) is 0.692. The number of piperidine rings is 1. The summed E-state index contributed by atoms with van der Waals surface area (Å²) in [5.41, 5.74) is 1.32. The van der Waals surface area contributed by atoms with Gasteiger partial charge in [0.25, 0.3) is 0 Å². The van der Waals surface area contributed by atoms with E-state index in [4.69, 9.17) is 5.11 Å². The van der Waals surface area contributed by atoms with Gasteiger partial charge < -0.3 is 14.9 Å². The SMILES string of the molecule is CC1=CCN(C(=O)N2CCCC(C(=O)O)C2)CC1. The average Bonchev–Trinajstić information content (AvgIpc) is 2.39. The molecular weight excluding hydrogens is 232 g/mol. The summed E-state index contributed by atoms with van der Waals surface area (Å²) < 4.78 is 0. The number of amides is 2. The molecule has 2 aliphatic heterocycles. The van der Waals surface area contributed by atoms with Crippen LogP contribution in [0.15, 0.2) is 11.6 Å². The summed E-state index contributed by atoms with van der Waals surface area (Å²) in [6, 6.07) is -0.00954. The number of carbonyl (C=O) groups excluding carboxylic acids is 1. The average molecular weight is 252 g/mol. The van der Waals surface area contributed by atoms with Crippen LogP contribution >= 0.6 is 0 Å². The van der Waals surface area contributed by atoms with E-state index >= 15 is 0 Å². The summed E-state index contributed by atoms with van der Waals surface area (Å²) in [5.74, 6) is -1.19. The first-order valence-corrected chi connectivity index (χ1v) is 6.50. The van der Waals surface area contributed by atoms with Crippen LogP contribution in [0.3, 0.4) is 0 Å². The second kappa shape index (κ2) is 5.42. The highest BCUT2D eigenvalue weighted by atomic mass is 16.4. The molecule has 18 heavy (non-hydrogen) atoms. The van der Waals surface area contributed by atoms with Crippen LogP contribution in [0, 0.1) is 5.92 Å². The van der Waals surface area contributed by atoms with Gasteiger partial charge in [0.05, 0.1) is 5.92 Å². The van der Waals surface area contributed by atoms with Crippen molar-refractivity contribution < 1.29 is 14.7 Å². The Labute approximate surface area is 107 Å². The van der Waals surface area contributed by atoms with Crippen molar-refractivity contribution in [2.75, 3.05) is 26.2 Å². The van der Waals surface area contributed by atoms with Crippen LogP contribution in [0.25, 0.3) is 0 Å². The molecule has 0 aromatic heterocycles. The molecule has 1 saturated heterocycles. The van der Waals surface area contributed by atoms with Crippen LogP contribution in [0.2, 0.25) is 0 Å². The molecule has 2 heterocycles. The number of aliphatic carboxylic acids is 1. The minimum absolute atomic E-state index is 0.00954. The zero-order chi connectivity index (χ0) is 13.1. The van der Waals surface area contributed by atoms with E-state index in [2.05, 4.69) is 13.0 Å². The Morgan fingerprint density at radius 1 is 1.33 bits per heavy atom. The molecule has 100 valence electrons. The molecule has 2 amide bonds. The Morgan fingerprint density at radius 3 is 2.72 bits per heavy atom. The van der Waals surface area contributed by atoms with Gasteiger partial charge in [-0.25, -0.2) is 4.79 Å². The van der Waals surface area contributed by atoms with Crippen molar-refractivity contribution in [3.8, 4) is 0 Å². The quantitative estimate of drug-likeness (QED) is 0.720. The number of likely N-dealkylation sites (tertiary alicyclic amines) is 1. The Bertz CT molecular complexity index is 378. The predicted molar refractivity (Wildman–Crippen MR) is 67.3 cm³/mol. The molecule has 0 saturated carbocycles. The molecule has 2 aliphatic rings. The number of hydrogen-bond acceptors (Lipinski definition) is 2. The second-order valence-electron chi connectivity index (χ2n) is 5.15. The predicted octanol–water partition coefficient (Wildman–Crippen LogP) is 1.56. The van der Waals surface area contributed by atoms with Gasteiger partial charge in [-0.3, -0.25) is 4.79 Å². The normalized spacial score (nSPS) is 24.7. The maximum Gasteiger partial charge on any atom is 0.320 e. The van der Waals surface area contributed by atoms with Crippen LogP contribution in [-0.2, 0) is 4.79 Å². The molecule has 0 aliphatic carbocycles. The topological polar surface area (TPSA) is 60.9 Å². The summed E-state index contributed by atoms with van der Waals surface area (Å²) in [6.07, 6.45) is 4.45.